The lowest BCUT2D eigenvalue weighted by Crippen LogP contribution is -2.16. The van der Waals surface area contributed by atoms with E-state index in [1.54, 1.807) is 6.92 Å². The zero-order chi connectivity index (χ0) is 13.4. The van der Waals surface area contributed by atoms with Crippen molar-refractivity contribution in [2.24, 2.45) is 0 Å². The zero-order valence-corrected chi connectivity index (χ0v) is 11.5. The molecule has 0 amide bonds. The van der Waals surface area contributed by atoms with Crippen LogP contribution in [0.2, 0.25) is 0 Å². The van der Waals surface area contributed by atoms with Crippen LogP contribution in [0.5, 0.6) is 0 Å². The number of ether oxygens (including phenoxy) is 1. The van der Waals surface area contributed by atoms with Gasteiger partial charge in [-0.25, -0.2) is 9.18 Å². The number of nitrogens with zero attached hydrogens (tertiary/aromatic N) is 3. The largest absolute Gasteiger partial charge is 0.463 e. The number of hydrogen-bond acceptors (Lipinski definition) is 5. The minimum atomic E-state index is -1.73. The minimum Gasteiger partial charge on any atom is -0.463 e. The van der Waals surface area contributed by atoms with E-state index in [4.69, 9.17) is 0 Å². The molecule has 2 fully saturated rings. The Bertz CT molecular complexity index is 485. The van der Waals surface area contributed by atoms with Gasteiger partial charge in [-0.05, 0) is 44.4 Å². The number of alkyl halides is 1. The topological polar surface area (TPSA) is 57.0 Å². The van der Waals surface area contributed by atoms with Crippen molar-refractivity contribution in [3.8, 4) is 0 Å². The van der Waals surface area contributed by atoms with Crippen LogP contribution >= 0.6 is 11.8 Å². The Labute approximate surface area is 114 Å². The Morgan fingerprint density at radius 2 is 2.21 bits per heavy atom. The van der Waals surface area contributed by atoms with Crippen molar-refractivity contribution >= 4 is 17.7 Å². The van der Waals surface area contributed by atoms with Gasteiger partial charge in [-0.1, -0.05) is 0 Å². The van der Waals surface area contributed by atoms with Crippen LogP contribution in [0.1, 0.15) is 50.4 Å². The van der Waals surface area contributed by atoms with Gasteiger partial charge in [0.2, 0.25) is 5.50 Å². The van der Waals surface area contributed by atoms with E-state index in [1.807, 2.05) is 4.57 Å². The van der Waals surface area contributed by atoms with Crippen LogP contribution in [0.4, 0.5) is 4.39 Å². The molecule has 7 heteroatoms. The van der Waals surface area contributed by atoms with Gasteiger partial charge in [0.05, 0.1) is 6.61 Å². The fourth-order valence-electron chi connectivity index (χ4n) is 2.01. The van der Waals surface area contributed by atoms with Gasteiger partial charge in [0.1, 0.15) is 5.82 Å². The molecule has 0 N–H and O–H groups in total. The molecule has 0 radical (unpaired) electrons. The lowest BCUT2D eigenvalue weighted by molar-refractivity contribution is -0.145. The summed E-state index contributed by atoms with van der Waals surface area (Å²) in [6.07, 6.45) is 4.43. The number of aromatic nitrogens is 3. The molecule has 5 nitrogen and oxygen atoms in total. The standard InChI is InChI=1S/C12H16FN3O2S/c1-2-18-11(17)9(13)19-12-15-14-10(7-3-4-7)16(12)8-5-6-8/h7-9H,2-6H2,1H3. The summed E-state index contributed by atoms with van der Waals surface area (Å²) in [6.45, 7) is 1.84. The highest BCUT2D eigenvalue weighted by atomic mass is 32.2. The molecule has 2 aliphatic rings. The molecule has 0 aromatic carbocycles. The number of esters is 1. The highest BCUT2D eigenvalue weighted by Crippen LogP contribution is 2.46. The van der Waals surface area contributed by atoms with Gasteiger partial charge < -0.3 is 9.30 Å². The van der Waals surface area contributed by atoms with Crippen molar-refractivity contribution < 1.29 is 13.9 Å². The molecule has 1 aromatic rings. The van der Waals surface area contributed by atoms with Gasteiger partial charge in [0.25, 0.3) is 0 Å². The second-order valence-electron chi connectivity index (χ2n) is 4.90. The summed E-state index contributed by atoms with van der Waals surface area (Å²) in [5, 5.41) is 8.73. The van der Waals surface area contributed by atoms with Crippen LogP contribution in [0.15, 0.2) is 5.16 Å². The first-order valence-electron chi connectivity index (χ1n) is 6.63. The molecule has 0 bridgehead atoms. The number of rotatable bonds is 6. The maximum atomic E-state index is 13.8. The van der Waals surface area contributed by atoms with E-state index in [9.17, 15) is 9.18 Å². The first-order valence-corrected chi connectivity index (χ1v) is 7.50. The van der Waals surface area contributed by atoms with E-state index in [1.165, 1.54) is 0 Å². The molecule has 19 heavy (non-hydrogen) atoms. The molecule has 1 aromatic heterocycles. The SMILES string of the molecule is CCOC(=O)C(F)Sc1nnc(C2CC2)n1C1CC1. The number of carbonyl (C=O) groups excluding carboxylic acids is 1. The fourth-order valence-corrected chi connectivity index (χ4v) is 2.81. The molecule has 104 valence electrons. The van der Waals surface area contributed by atoms with E-state index >= 15 is 0 Å². The van der Waals surface area contributed by atoms with Crippen molar-refractivity contribution in [3.05, 3.63) is 5.82 Å². The Morgan fingerprint density at radius 3 is 2.79 bits per heavy atom. The van der Waals surface area contributed by atoms with E-state index < -0.39 is 11.5 Å². The summed E-state index contributed by atoms with van der Waals surface area (Å²) in [5.41, 5.74) is -1.73. The van der Waals surface area contributed by atoms with E-state index in [0.717, 1.165) is 43.3 Å². The van der Waals surface area contributed by atoms with Gasteiger partial charge in [-0.15, -0.1) is 10.2 Å². The van der Waals surface area contributed by atoms with Crippen molar-refractivity contribution in [2.75, 3.05) is 6.61 Å². The second kappa shape index (κ2) is 5.11. The molecular formula is C12H16FN3O2S. The Morgan fingerprint density at radius 1 is 1.47 bits per heavy atom. The van der Waals surface area contributed by atoms with E-state index in [2.05, 4.69) is 14.9 Å². The van der Waals surface area contributed by atoms with Crippen LogP contribution in [0.25, 0.3) is 0 Å². The van der Waals surface area contributed by atoms with Crippen LogP contribution in [0.3, 0.4) is 0 Å². The van der Waals surface area contributed by atoms with E-state index in [0.29, 0.717) is 17.1 Å². The Balaban J connectivity index is 1.75. The number of carbonyl (C=O) groups is 1. The molecule has 0 saturated heterocycles. The predicted molar refractivity (Wildman–Crippen MR) is 67.7 cm³/mol. The quantitative estimate of drug-likeness (QED) is 0.593. The van der Waals surface area contributed by atoms with Crippen LogP contribution in [-0.4, -0.2) is 32.8 Å². The summed E-state index contributed by atoms with van der Waals surface area (Å²) >= 11 is 0.801. The highest BCUT2D eigenvalue weighted by Gasteiger charge is 2.37. The van der Waals surface area contributed by atoms with Crippen molar-refractivity contribution in [1.29, 1.82) is 0 Å². The fraction of sp³-hybridized carbons (Fsp3) is 0.750. The molecule has 1 atom stereocenters. The van der Waals surface area contributed by atoms with E-state index in [-0.39, 0.29) is 6.61 Å². The third kappa shape index (κ3) is 2.75. The van der Waals surface area contributed by atoms with Crippen LogP contribution < -0.4 is 0 Å². The number of hydrogen-bond donors (Lipinski definition) is 0. The monoisotopic (exact) mass is 285 g/mol. The van der Waals surface area contributed by atoms with Gasteiger partial charge in [0, 0.05) is 12.0 Å². The zero-order valence-electron chi connectivity index (χ0n) is 10.7. The average molecular weight is 285 g/mol. The molecular weight excluding hydrogens is 269 g/mol. The molecule has 2 saturated carbocycles. The van der Waals surface area contributed by atoms with Crippen LogP contribution in [0, 0.1) is 0 Å². The number of thioether (sulfide) groups is 1. The Kier molecular flexibility index (Phi) is 3.47. The average Bonchev–Trinajstić information content (AvgIpc) is 3.29. The third-order valence-electron chi connectivity index (χ3n) is 3.23. The third-order valence-corrected chi connectivity index (χ3v) is 4.11. The minimum absolute atomic E-state index is 0.183. The van der Waals surface area contributed by atoms with Gasteiger partial charge in [0.15, 0.2) is 5.16 Å². The Hall–Kier alpha value is -1.11. The van der Waals surface area contributed by atoms with Crippen molar-refractivity contribution in [3.63, 3.8) is 0 Å². The summed E-state index contributed by atoms with van der Waals surface area (Å²) < 4.78 is 20.5. The van der Waals surface area contributed by atoms with Gasteiger partial charge in [-0.3, -0.25) is 0 Å². The molecule has 3 rings (SSSR count). The molecule has 1 unspecified atom stereocenters. The number of halogens is 1. The first-order chi connectivity index (χ1) is 9.20. The molecule has 2 aliphatic carbocycles. The molecule has 1 heterocycles. The van der Waals surface area contributed by atoms with Crippen LogP contribution in [-0.2, 0) is 9.53 Å². The summed E-state index contributed by atoms with van der Waals surface area (Å²) in [4.78, 5) is 11.3. The first kappa shape index (κ1) is 12.9. The summed E-state index contributed by atoms with van der Waals surface area (Å²) in [7, 11) is 0. The predicted octanol–water partition coefficient (Wildman–Crippen LogP) is 2.44. The second-order valence-corrected chi connectivity index (χ2v) is 5.92. The highest BCUT2D eigenvalue weighted by molar-refractivity contribution is 8.00. The lowest BCUT2D eigenvalue weighted by atomic mass is 10.4. The van der Waals surface area contributed by atoms with Gasteiger partial charge >= 0.3 is 5.97 Å². The smallest absolute Gasteiger partial charge is 0.351 e. The lowest BCUT2D eigenvalue weighted by Gasteiger charge is -2.09. The van der Waals surface area contributed by atoms with Crippen molar-refractivity contribution in [2.45, 2.75) is 55.2 Å². The maximum absolute atomic E-state index is 13.8. The van der Waals surface area contributed by atoms with Gasteiger partial charge in [-0.2, -0.15) is 0 Å². The summed E-state index contributed by atoms with van der Waals surface area (Å²) in [5.74, 6) is 0.593. The normalized spacial score (nSPS) is 20.3. The maximum Gasteiger partial charge on any atom is 0.351 e. The summed E-state index contributed by atoms with van der Waals surface area (Å²) in [6, 6.07) is 0.391. The molecule has 0 spiro atoms. The van der Waals surface area contributed by atoms with Crippen molar-refractivity contribution in [1.82, 2.24) is 14.8 Å². The molecule has 0 aliphatic heterocycles.